The van der Waals surface area contributed by atoms with Gasteiger partial charge in [0, 0.05) is 0 Å². The lowest BCUT2D eigenvalue weighted by atomic mass is 10.00. The van der Waals surface area contributed by atoms with E-state index in [1.807, 2.05) is 6.92 Å². The number of ether oxygens (including phenoxy) is 1. The Hall–Kier alpha value is -1.73. The van der Waals surface area contributed by atoms with Gasteiger partial charge in [-0.05, 0) is 32.9 Å². The Labute approximate surface area is 102 Å². The lowest BCUT2D eigenvalue weighted by molar-refractivity contribution is 0.0648. The van der Waals surface area contributed by atoms with E-state index in [0.29, 0.717) is 17.0 Å². The van der Waals surface area contributed by atoms with E-state index in [-0.39, 0.29) is 6.04 Å². The Morgan fingerprint density at radius 2 is 2.12 bits per heavy atom. The van der Waals surface area contributed by atoms with Crippen LogP contribution in [0.4, 0.5) is 5.69 Å². The van der Waals surface area contributed by atoms with Crippen LogP contribution < -0.4 is 10.1 Å². The number of nitriles is 1. The SMILES string of the molecule is COc1cccc(C#N)c1NC(C)C(C)(C)O. The molecule has 0 radical (unpaired) electrons. The molecule has 1 aromatic carbocycles. The lowest BCUT2D eigenvalue weighted by Crippen LogP contribution is -2.39. The maximum absolute atomic E-state index is 9.89. The van der Waals surface area contributed by atoms with Gasteiger partial charge < -0.3 is 15.2 Å². The van der Waals surface area contributed by atoms with Gasteiger partial charge >= 0.3 is 0 Å². The number of nitrogens with zero attached hydrogens (tertiary/aromatic N) is 1. The number of methoxy groups -OCH3 is 1. The number of nitrogens with one attached hydrogen (secondary N) is 1. The van der Waals surface area contributed by atoms with Crippen molar-refractivity contribution >= 4 is 5.69 Å². The second kappa shape index (κ2) is 5.07. The normalized spacial score (nSPS) is 12.7. The molecule has 0 aliphatic carbocycles. The van der Waals surface area contributed by atoms with Crippen LogP contribution >= 0.6 is 0 Å². The Bertz CT molecular complexity index is 430. The second-order valence-corrected chi connectivity index (χ2v) is 4.51. The summed E-state index contributed by atoms with van der Waals surface area (Å²) in [6.07, 6.45) is 0. The standard InChI is InChI=1S/C13H18N2O2/c1-9(13(2,3)16)15-12-10(8-14)6-5-7-11(12)17-4/h5-7,9,15-16H,1-4H3. The van der Waals surface area contributed by atoms with E-state index < -0.39 is 5.60 Å². The van der Waals surface area contributed by atoms with Crippen molar-refractivity contribution in [2.24, 2.45) is 0 Å². The maximum atomic E-state index is 9.89. The first kappa shape index (κ1) is 13.3. The van der Waals surface area contributed by atoms with Crippen LogP contribution in [0, 0.1) is 11.3 Å². The van der Waals surface area contributed by atoms with Gasteiger partial charge in [0.2, 0.25) is 0 Å². The van der Waals surface area contributed by atoms with Crippen molar-refractivity contribution in [3.05, 3.63) is 23.8 Å². The average molecular weight is 234 g/mol. The summed E-state index contributed by atoms with van der Waals surface area (Å²) >= 11 is 0. The zero-order valence-electron chi connectivity index (χ0n) is 10.6. The van der Waals surface area contributed by atoms with Crippen LogP contribution in [0.5, 0.6) is 5.75 Å². The molecule has 0 saturated heterocycles. The van der Waals surface area contributed by atoms with Crippen molar-refractivity contribution in [1.29, 1.82) is 5.26 Å². The van der Waals surface area contributed by atoms with E-state index in [1.165, 1.54) is 0 Å². The third kappa shape index (κ3) is 3.11. The van der Waals surface area contributed by atoms with Crippen molar-refractivity contribution in [3.8, 4) is 11.8 Å². The molecule has 0 fully saturated rings. The van der Waals surface area contributed by atoms with Gasteiger partial charge in [0.05, 0.1) is 30.0 Å². The zero-order chi connectivity index (χ0) is 13.1. The topological polar surface area (TPSA) is 65.3 Å². The minimum atomic E-state index is -0.881. The second-order valence-electron chi connectivity index (χ2n) is 4.51. The molecule has 17 heavy (non-hydrogen) atoms. The molecule has 0 spiro atoms. The predicted octanol–water partition coefficient (Wildman–Crippen LogP) is 2.14. The molecule has 1 unspecified atom stereocenters. The minimum Gasteiger partial charge on any atom is -0.495 e. The quantitative estimate of drug-likeness (QED) is 0.837. The molecular formula is C13H18N2O2. The largest absolute Gasteiger partial charge is 0.495 e. The van der Waals surface area contributed by atoms with Gasteiger partial charge in [-0.2, -0.15) is 5.26 Å². The number of hydrogen-bond acceptors (Lipinski definition) is 4. The summed E-state index contributed by atoms with van der Waals surface area (Å²) in [7, 11) is 1.55. The summed E-state index contributed by atoms with van der Waals surface area (Å²) in [6.45, 7) is 5.28. The molecule has 0 saturated carbocycles. The molecule has 0 heterocycles. The van der Waals surface area contributed by atoms with Gasteiger partial charge in [-0.25, -0.2) is 0 Å². The van der Waals surface area contributed by atoms with Gasteiger partial charge in [-0.3, -0.25) is 0 Å². The molecule has 1 aromatic rings. The predicted molar refractivity (Wildman–Crippen MR) is 67.1 cm³/mol. The van der Waals surface area contributed by atoms with E-state index >= 15 is 0 Å². The fraction of sp³-hybridized carbons (Fsp3) is 0.462. The van der Waals surface area contributed by atoms with Crippen molar-refractivity contribution in [1.82, 2.24) is 0 Å². The van der Waals surface area contributed by atoms with E-state index in [0.717, 1.165) is 0 Å². The molecule has 4 nitrogen and oxygen atoms in total. The van der Waals surface area contributed by atoms with Gasteiger partial charge in [-0.1, -0.05) is 6.07 Å². The number of rotatable bonds is 4. The third-order valence-corrected chi connectivity index (χ3v) is 2.79. The Balaban J connectivity index is 3.09. The molecule has 0 bridgehead atoms. The van der Waals surface area contributed by atoms with Crippen molar-refractivity contribution in [2.75, 3.05) is 12.4 Å². The van der Waals surface area contributed by atoms with Crippen molar-refractivity contribution in [3.63, 3.8) is 0 Å². The summed E-state index contributed by atoms with van der Waals surface area (Å²) in [6, 6.07) is 7.15. The van der Waals surface area contributed by atoms with Gasteiger partial charge in [0.15, 0.2) is 0 Å². The highest BCUT2D eigenvalue weighted by molar-refractivity contribution is 5.66. The Kier molecular flexibility index (Phi) is 3.97. The molecule has 0 aliphatic rings. The van der Waals surface area contributed by atoms with Crippen LogP contribution in [0.2, 0.25) is 0 Å². The van der Waals surface area contributed by atoms with Crippen molar-refractivity contribution in [2.45, 2.75) is 32.4 Å². The summed E-state index contributed by atoms with van der Waals surface area (Å²) < 4.78 is 5.21. The summed E-state index contributed by atoms with van der Waals surface area (Å²) in [5, 5.41) is 22.1. The first-order valence-corrected chi connectivity index (χ1v) is 5.46. The molecule has 1 rings (SSSR count). The van der Waals surface area contributed by atoms with Crippen LogP contribution in [0.1, 0.15) is 26.3 Å². The third-order valence-electron chi connectivity index (χ3n) is 2.79. The van der Waals surface area contributed by atoms with Gasteiger partial charge in [0.25, 0.3) is 0 Å². The number of anilines is 1. The van der Waals surface area contributed by atoms with Crippen LogP contribution in [0.15, 0.2) is 18.2 Å². The lowest BCUT2D eigenvalue weighted by Gasteiger charge is -2.28. The van der Waals surface area contributed by atoms with Crippen LogP contribution in [-0.4, -0.2) is 23.9 Å². The van der Waals surface area contributed by atoms with Crippen LogP contribution in [0.3, 0.4) is 0 Å². The zero-order valence-corrected chi connectivity index (χ0v) is 10.6. The summed E-state index contributed by atoms with van der Waals surface area (Å²) in [4.78, 5) is 0. The molecule has 1 atom stereocenters. The maximum Gasteiger partial charge on any atom is 0.143 e. The number of aliphatic hydroxyl groups is 1. The van der Waals surface area contributed by atoms with Crippen LogP contribution in [0.25, 0.3) is 0 Å². The molecule has 0 amide bonds. The minimum absolute atomic E-state index is 0.203. The molecule has 92 valence electrons. The number of para-hydroxylation sites is 1. The van der Waals surface area contributed by atoms with Crippen LogP contribution in [-0.2, 0) is 0 Å². The molecular weight excluding hydrogens is 216 g/mol. The highest BCUT2D eigenvalue weighted by atomic mass is 16.5. The Morgan fingerprint density at radius 3 is 2.59 bits per heavy atom. The first-order chi connectivity index (χ1) is 7.90. The number of benzene rings is 1. The summed E-state index contributed by atoms with van der Waals surface area (Å²) in [5.41, 5.74) is 0.237. The molecule has 2 N–H and O–H groups in total. The van der Waals surface area contributed by atoms with E-state index in [4.69, 9.17) is 10.00 Å². The van der Waals surface area contributed by atoms with Gasteiger partial charge in [-0.15, -0.1) is 0 Å². The van der Waals surface area contributed by atoms with Gasteiger partial charge in [0.1, 0.15) is 11.8 Å². The highest BCUT2D eigenvalue weighted by Gasteiger charge is 2.24. The Morgan fingerprint density at radius 1 is 1.47 bits per heavy atom. The fourth-order valence-corrected chi connectivity index (χ4v) is 1.34. The average Bonchev–Trinajstić information content (AvgIpc) is 2.28. The molecule has 0 aromatic heterocycles. The molecule has 0 aliphatic heterocycles. The van der Waals surface area contributed by atoms with Crippen molar-refractivity contribution < 1.29 is 9.84 Å². The monoisotopic (exact) mass is 234 g/mol. The smallest absolute Gasteiger partial charge is 0.143 e. The fourth-order valence-electron chi connectivity index (χ4n) is 1.34. The number of hydrogen-bond donors (Lipinski definition) is 2. The molecule has 4 heteroatoms. The van der Waals surface area contributed by atoms with E-state index in [9.17, 15) is 5.11 Å². The summed E-state index contributed by atoms with van der Waals surface area (Å²) in [5.74, 6) is 0.597. The van der Waals surface area contributed by atoms with E-state index in [1.54, 1.807) is 39.2 Å². The first-order valence-electron chi connectivity index (χ1n) is 5.46. The highest BCUT2D eigenvalue weighted by Crippen LogP contribution is 2.29. The van der Waals surface area contributed by atoms with E-state index in [2.05, 4.69) is 11.4 Å².